The number of fused-ring (bicyclic) bond motifs is 1. The number of amides is 2. The van der Waals surface area contributed by atoms with Gasteiger partial charge < -0.3 is 24.4 Å². The van der Waals surface area contributed by atoms with E-state index in [-0.39, 0.29) is 18.6 Å². The number of likely N-dealkylation sites (N-methyl/N-ethyl adjacent to an activating group) is 1. The molecule has 0 bridgehead atoms. The van der Waals surface area contributed by atoms with Gasteiger partial charge in [-0.05, 0) is 48.7 Å². The normalized spacial score (nSPS) is 12.7. The summed E-state index contributed by atoms with van der Waals surface area (Å²) in [6.45, 7) is 3.72. The van der Waals surface area contributed by atoms with Gasteiger partial charge in [0.1, 0.15) is 23.9 Å². The van der Waals surface area contributed by atoms with Crippen molar-refractivity contribution >= 4 is 6.03 Å². The van der Waals surface area contributed by atoms with Crippen molar-refractivity contribution in [3.63, 3.8) is 0 Å². The zero-order chi connectivity index (χ0) is 19.9. The number of nitrogens with one attached hydrogen (secondary N) is 1. The van der Waals surface area contributed by atoms with Crippen molar-refractivity contribution in [1.29, 1.82) is 0 Å². The van der Waals surface area contributed by atoms with Crippen LogP contribution in [0.5, 0.6) is 11.5 Å². The van der Waals surface area contributed by atoms with Crippen molar-refractivity contribution in [2.24, 2.45) is 0 Å². The molecule has 3 rings (SSSR count). The molecule has 2 amide bonds. The molecule has 0 saturated heterocycles. The Labute approximate surface area is 164 Å². The average Bonchev–Trinajstić information content (AvgIpc) is 2.67. The number of nitrogens with zero attached hydrogens (tertiary/aromatic N) is 1. The van der Waals surface area contributed by atoms with Crippen LogP contribution in [0.4, 0.5) is 9.18 Å². The summed E-state index contributed by atoms with van der Waals surface area (Å²) in [6.07, 6.45) is 0.472. The van der Waals surface area contributed by atoms with E-state index in [1.165, 1.54) is 12.1 Å². The minimum Gasteiger partial charge on any atom is -0.492 e. The molecule has 6 nitrogen and oxygen atoms in total. The maximum atomic E-state index is 13.8. The second-order valence-electron chi connectivity index (χ2n) is 6.73. The van der Waals surface area contributed by atoms with Crippen LogP contribution >= 0.6 is 0 Å². The SMILES string of the molecule is Cc1cccc(OCCN(C)C(=O)NCCc2cc(F)cc3c2OCOC3)c1. The van der Waals surface area contributed by atoms with Crippen LogP contribution in [-0.4, -0.2) is 44.5 Å². The van der Waals surface area contributed by atoms with E-state index in [1.807, 2.05) is 31.2 Å². The zero-order valence-corrected chi connectivity index (χ0v) is 16.2. The monoisotopic (exact) mass is 388 g/mol. The Balaban J connectivity index is 1.43. The van der Waals surface area contributed by atoms with Crippen molar-refractivity contribution < 1.29 is 23.4 Å². The molecule has 28 heavy (non-hydrogen) atoms. The Morgan fingerprint density at radius 3 is 3.00 bits per heavy atom. The molecular formula is C21H25FN2O4. The summed E-state index contributed by atoms with van der Waals surface area (Å²) < 4.78 is 30.1. The summed E-state index contributed by atoms with van der Waals surface area (Å²) in [7, 11) is 1.71. The predicted octanol–water partition coefficient (Wildman–Crippen LogP) is 3.26. The van der Waals surface area contributed by atoms with Gasteiger partial charge in [0.05, 0.1) is 13.2 Å². The molecule has 1 N–H and O–H groups in total. The maximum Gasteiger partial charge on any atom is 0.317 e. The van der Waals surface area contributed by atoms with Crippen molar-refractivity contribution in [2.45, 2.75) is 20.0 Å². The lowest BCUT2D eigenvalue weighted by molar-refractivity contribution is -0.0172. The average molecular weight is 388 g/mol. The number of ether oxygens (including phenoxy) is 3. The minimum atomic E-state index is -0.334. The van der Waals surface area contributed by atoms with Crippen LogP contribution < -0.4 is 14.8 Å². The quantitative estimate of drug-likeness (QED) is 0.791. The summed E-state index contributed by atoms with van der Waals surface area (Å²) in [5, 5.41) is 2.84. The highest BCUT2D eigenvalue weighted by atomic mass is 19.1. The number of hydrogen-bond acceptors (Lipinski definition) is 4. The number of benzene rings is 2. The molecule has 1 heterocycles. The number of aryl methyl sites for hydroxylation is 1. The van der Waals surface area contributed by atoms with Crippen molar-refractivity contribution in [1.82, 2.24) is 10.2 Å². The van der Waals surface area contributed by atoms with Gasteiger partial charge in [-0.1, -0.05) is 12.1 Å². The van der Waals surface area contributed by atoms with E-state index in [2.05, 4.69) is 5.32 Å². The van der Waals surface area contributed by atoms with E-state index < -0.39 is 0 Å². The molecule has 0 spiro atoms. The highest BCUT2D eigenvalue weighted by Gasteiger charge is 2.17. The smallest absolute Gasteiger partial charge is 0.317 e. The van der Waals surface area contributed by atoms with E-state index in [4.69, 9.17) is 14.2 Å². The van der Waals surface area contributed by atoms with Gasteiger partial charge in [-0.15, -0.1) is 0 Å². The van der Waals surface area contributed by atoms with Crippen LogP contribution in [-0.2, 0) is 17.8 Å². The third-order valence-electron chi connectivity index (χ3n) is 4.45. The number of halogens is 1. The van der Waals surface area contributed by atoms with Gasteiger partial charge in [0.15, 0.2) is 6.79 Å². The van der Waals surface area contributed by atoms with Crippen LogP contribution in [0.2, 0.25) is 0 Å². The fourth-order valence-electron chi connectivity index (χ4n) is 2.99. The molecule has 0 aliphatic carbocycles. The van der Waals surface area contributed by atoms with E-state index in [0.29, 0.717) is 44.0 Å². The second kappa shape index (κ2) is 9.41. The van der Waals surface area contributed by atoms with Crippen molar-refractivity contribution in [3.8, 4) is 11.5 Å². The van der Waals surface area contributed by atoms with E-state index in [1.54, 1.807) is 11.9 Å². The number of hydrogen-bond donors (Lipinski definition) is 1. The third kappa shape index (κ3) is 5.36. The molecular weight excluding hydrogens is 363 g/mol. The molecule has 2 aromatic rings. The number of carbonyl (C=O) groups excluding carboxylic acids is 1. The largest absolute Gasteiger partial charge is 0.492 e. The van der Waals surface area contributed by atoms with Gasteiger partial charge in [-0.3, -0.25) is 0 Å². The summed E-state index contributed by atoms with van der Waals surface area (Å²) in [5.74, 6) is 1.11. The first-order chi connectivity index (χ1) is 13.5. The fourth-order valence-corrected chi connectivity index (χ4v) is 2.99. The Morgan fingerprint density at radius 2 is 2.18 bits per heavy atom. The van der Waals surface area contributed by atoms with Gasteiger partial charge in [0.2, 0.25) is 0 Å². The molecule has 1 aliphatic rings. The van der Waals surface area contributed by atoms with Crippen LogP contribution in [0.15, 0.2) is 36.4 Å². The standard InChI is InChI=1S/C21H25FN2O4/c1-15-4-3-5-19(10-15)27-9-8-24(2)21(25)23-7-6-16-11-18(22)12-17-13-26-14-28-20(16)17/h3-5,10-12H,6-9,13-14H2,1-2H3,(H,23,25). The topological polar surface area (TPSA) is 60.0 Å². The molecule has 0 saturated carbocycles. The first-order valence-electron chi connectivity index (χ1n) is 9.23. The summed E-state index contributed by atoms with van der Waals surface area (Å²) in [6, 6.07) is 10.4. The van der Waals surface area contributed by atoms with Gasteiger partial charge in [-0.2, -0.15) is 0 Å². The highest BCUT2D eigenvalue weighted by Crippen LogP contribution is 2.29. The highest BCUT2D eigenvalue weighted by molar-refractivity contribution is 5.73. The van der Waals surface area contributed by atoms with Gasteiger partial charge in [0, 0.05) is 19.2 Å². The van der Waals surface area contributed by atoms with Crippen LogP contribution in [0.1, 0.15) is 16.7 Å². The number of urea groups is 1. The zero-order valence-electron chi connectivity index (χ0n) is 16.2. The molecule has 0 aromatic heterocycles. The molecule has 0 unspecified atom stereocenters. The number of carbonyl (C=O) groups is 1. The first kappa shape index (κ1) is 19.9. The number of rotatable bonds is 7. The fraction of sp³-hybridized carbons (Fsp3) is 0.381. The molecule has 0 atom stereocenters. The Bertz CT molecular complexity index is 828. The van der Waals surface area contributed by atoms with Gasteiger partial charge in [-0.25, -0.2) is 9.18 Å². The van der Waals surface area contributed by atoms with Gasteiger partial charge >= 0.3 is 6.03 Å². The van der Waals surface area contributed by atoms with Crippen LogP contribution in [0.25, 0.3) is 0 Å². The molecule has 150 valence electrons. The lowest BCUT2D eigenvalue weighted by atomic mass is 10.1. The van der Waals surface area contributed by atoms with Crippen LogP contribution in [0.3, 0.4) is 0 Å². The molecule has 0 radical (unpaired) electrons. The van der Waals surface area contributed by atoms with E-state index >= 15 is 0 Å². The maximum absolute atomic E-state index is 13.8. The third-order valence-corrected chi connectivity index (χ3v) is 4.45. The van der Waals surface area contributed by atoms with Crippen molar-refractivity contribution in [3.05, 3.63) is 58.9 Å². The van der Waals surface area contributed by atoms with E-state index in [9.17, 15) is 9.18 Å². The second-order valence-corrected chi connectivity index (χ2v) is 6.73. The summed E-state index contributed by atoms with van der Waals surface area (Å²) in [5.41, 5.74) is 2.54. The Kier molecular flexibility index (Phi) is 6.71. The minimum absolute atomic E-state index is 0.154. The Hall–Kier alpha value is -2.80. The molecule has 7 heteroatoms. The van der Waals surface area contributed by atoms with E-state index in [0.717, 1.165) is 16.9 Å². The summed E-state index contributed by atoms with van der Waals surface area (Å²) in [4.78, 5) is 13.8. The van der Waals surface area contributed by atoms with Crippen molar-refractivity contribution in [2.75, 3.05) is 33.5 Å². The first-order valence-corrected chi connectivity index (χ1v) is 9.23. The van der Waals surface area contributed by atoms with Gasteiger partial charge in [0.25, 0.3) is 0 Å². The molecule has 2 aromatic carbocycles. The predicted molar refractivity (Wildman–Crippen MR) is 103 cm³/mol. The Morgan fingerprint density at radius 1 is 1.32 bits per heavy atom. The van der Waals surface area contributed by atoms with Crippen LogP contribution in [0, 0.1) is 12.7 Å². The summed E-state index contributed by atoms with van der Waals surface area (Å²) >= 11 is 0. The lowest BCUT2D eigenvalue weighted by Crippen LogP contribution is -2.40. The molecule has 0 fully saturated rings. The molecule has 1 aliphatic heterocycles. The lowest BCUT2D eigenvalue weighted by Gasteiger charge is -2.21.